The molecule has 1 aromatic carbocycles. The van der Waals surface area contributed by atoms with Gasteiger partial charge in [-0.05, 0) is 60.9 Å². The van der Waals surface area contributed by atoms with E-state index in [4.69, 9.17) is 11.6 Å². The molecule has 0 aliphatic carbocycles. The number of halogens is 1. The van der Waals surface area contributed by atoms with Gasteiger partial charge in [0.05, 0.1) is 5.69 Å². The lowest BCUT2D eigenvalue weighted by atomic mass is 9.96. The van der Waals surface area contributed by atoms with Crippen molar-refractivity contribution in [2.75, 3.05) is 12.4 Å². The molecule has 0 amide bonds. The first-order valence-corrected chi connectivity index (χ1v) is 8.95. The molecular formula is C20H23ClN2. The minimum Gasteiger partial charge on any atom is -0.388 e. The highest BCUT2D eigenvalue weighted by Gasteiger charge is 2.14. The van der Waals surface area contributed by atoms with Crippen LogP contribution in [0.2, 0.25) is 0 Å². The van der Waals surface area contributed by atoms with Gasteiger partial charge in [0.2, 0.25) is 0 Å². The van der Waals surface area contributed by atoms with E-state index in [9.17, 15) is 0 Å². The summed E-state index contributed by atoms with van der Waals surface area (Å²) in [6, 6.07) is 14.8. The van der Waals surface area contributed by atoms with Crippen LogP contribution in [0.25, 0.3) is 16.7 Å². The summed E-state index contributed by atoms with van der Waals surface area (Å²) in [5.41, 5.74) is 6.23. The number of benzene rings is 1. The molecule has 2 heterocycles. The lowest BCUT2D eigenvalue weighted by Crippen LogP contribution is -2.21. The first kappa shape index (κ1) is 16.1. The molecule has 120 valence electrons. The third-order valence-electron chi connectivity index (χ3n) is 4.29. The van der Waals surface area contributed by atoms with E-state index in [1.807, 2.05) is 12.3 Å². The summed E-state index contributed by atoms with van der Waals surface area (Å²) in [5, 5.41) is 3.58. The number of hydrogen-bond donors (Lipinski definition) is 1. The van der Waals surface area contributed by atoms with Crippen LogP contribution in [0.3, 0.4) is 0 Å². The van der Waals surface area contributed by atoms with Gasteiger partial charge in [0, 0.05) is 24.3 Å². The Bertz CT molecular complexity index is 656. The molecule has 1 aromatic heterocycles. The number of hydrogen-bond acceptors (Lipinski definition) is 2. The molecule has 0 saturated carbocycles. The molecule has 1 aliphatic heterocycles. The maximum Gasteiger partial charge on any atom is 0.0685 e. The zero-order chi connectivity index (χ0) is 15.9. The predicted octanol–water partition coefficient (Wildman–Crippen LogP) is 5.25. The lowest BCUT2D eigenvalue weighted by Gasteiger charge is -2.21. The maximum atomic E-state index is 5.94. The summed E-state index contributed by atoms with van der Waals surface area (Å²) in [7, 11) is 0. The summed E-state index contributed by atoms with van der Waals surface area (Å²) in [4.78, 5) is 4.65. The predicted molar refractivity (Wildman–Crippen MR) is 98.4 cm³/mol. The van der Waals surface area contributed by atoms with E-state index in [0.717, 1.165) is 31.5 Å². The molecule has 0 unspecified atom stereocenters. The van der Waals surface area contributed by atoms with Crippen molar-refractivity contribution in [2.45, 2.75) is 32.1 Å². The van der Waals surface area contributed by atoms with Gasteiger partial charge in [0.25, 0.3) is 0 Å². The molecule has 1 aliphatic rings. The number of allylic oxidation sites excluding steroid dienone is 2. The van der Waals surface area contributed by atoms with Crippen LogP contribution in [0, 0.1) is 0 Å². The molecule has 0 bridgehead atoms. The zero-order valence-corrected chi connectivity index (χ0v) is 14.1. The van der Waals surface area contributed by atoms with Crippen molar-refractivity contribution in [3.63, 3.8) is 0 Å². The van der Waals surface area contributed by atoms with Crippen molar-refractivity contribution in [1.82, 2.24) is 10.3 Å². The lowest BCUT2D eigenvalue weighted by molar-refractivity contribution is 0.587. The van der Waals surface area contributed by atoms with Gasteiger partial charge in [-0.1, -0.05) is 30.3 Å². The summed E-state index contributed by atoms with van der Waals surface area (Å²) >= 11 is 5.94. The van der Waals surface area contributed by atoms with E-state index in [0.29, 0.717) is 5.88 Å². The van der Waals surface area contributed by atoms with Crippen LogP contribution in [0.5, 0.6) is 0 Å². The summed E-state index contributed by atoms with van der Waals surface area (Å²) in [5.74, 6) is 0.690. The van der Waals surface area contributed by atoms with Gasteiger partial charge in [-0.25, -0.2) is 0 Å². The second kappa shape index (κ2) is 8.16. The van der Waals surface area contributed by atoms with Gasteiger partial charge >= 0.3 is 0 Å². The molecule has 23 heavy (non-hydrogen) atoms. The van der Waals surface area contributed by atoms with E-state index in [1.54, 1.807) is 0 Å². The molecule has 2 aromatic rings. The third-order valence-corrected chi connectivity index (χ3v) is 4.56. The van der Waals surface area contributed by atoms with Gasteiger partial charge in [-0.15, -0.1) is 11.6 Å². The molecule has 1 fully saturated rings. The maximum absolute atomic E-state index is 5.94. The van der Waals surface area contributed by atoms with Crippen molar-refractivity contribution >= 4 is 17.2 Å². The quantitative estimate of drug-likeness (QED) is 0.759. The average molecular weight is 327 g/mol. The SMILES string of the molecule is ClCCCC(=C1CCCCN1)c1cc(-c2ccccc2)ccn1. The monoisotopic (exact) mass is 326 g/mol. The Morgan fingerprint density at radius 2 is 1.96 bits per heavy atom. The zero-order valence-electron chi connectivity index (χ0n) is 13.4. The number of pyridine rings is 1. The molecular weight excluding hydrogens is 304 g/mol. The molecule has 0 radical (unpaired) electrons. The van der Waals surface area contributed by atoms with Crippen molar-refractivity contribution in [3.8, 4) is 11.1 Å². The Morgan fingerprint density at radius 1 is 1.09 bits per heavy atom. The van der Waals surface area contributed by atoms with Gasteiger partial charge in [-0.2, -0.15) is 0 Å². The van der Waals surface area contributed by atoms with Crippen molar-refractivity contribution < 1.29 is 0 Å². The molecule has 2 nitrogen and oxygen atoms in total. The number of nitrogens with one attached hydrogen (secondary N) is 1. The summed E-state index contributed by atoms with van der Waals surface area (Å²) in [6.07, 6.45) is 7.52. The first-order valence-electron chi connectivity index (χ1n) is 8.42. The van der Waals surface area contributed by atoms with Crippen LogP contribution in [-0.4, -0.2) is 17.4 Å². The number of rotatable bonds is 5. The smallest absolute Gasteiger partial charge is 0.0685 e. The number of piperidine rings is 1. The molecule has 0 atom stereocenters. The van der Waals surface area contributed by atoms with Crippen LogP contribution in [0.1, 0.15) is 37.8 Å². The number of aromatic nitrogens is 1. The Kier molecular flexibility index (Phi) is 5.71. The van der Waals surface area contributed by atoms with Gasteiger partial charge in [-0.3, -0.25) is 4.98 Å². The Labute approximate surface area is 143 Å². The number of nitrogens with zero attached hydrogens (tertiary/aromatic N) is 1. The minimum absolute atomic E-state index is 0.690. The van der Waals surface area contributed by atoms with E-state index in [1.165, 1.54) is 35.2 Å². The van der Waals surface area contributed by atoms with Gasteiger partial charge < -0.3 is 5.32 Å². The average Bonchev–Trinajstić information content (AvgIpc) is 2.64. The van der Waals surface area contributed by atoms with Crippen LogP contribution in [-0.2, 0) is 0 Å². The van der Waals surface area contributed by atoms with E-state index < -0.39 is 0 Å². The first-order chi connectivity index (χ1) is 11.4. The molecule has 1 N–H and O–H groups in total. The molecule has 1 saturated heterocycles. The van der Waals surface area contributed by atoms with Crippen LogP contribution in [0.15, 0.2) is 54.4 Å². The summed E-state index contributed by atoms with van der Waals surface area (Å²) < 4.78 is 0. The highest BCUT2D eigenvalue weighted by atomic mass is 35.5. The fraction of sp³-hybridized carbons (Fsp3) is 0.350. The topological polar surface area (TPSA) is 24.9 Å². The highest BCUT2D eigenvalue weighted by molar-refractivity contribution is 6.17. The van der Waals surface area contributed by atoms with Crippen molar-refractivity contribution in [2.24, 2.45) is 0 Å². The normalized spacial score (nSPS) is 16.7. The second-order valence-corrected chi connectivity index (χ2v) is 6.31. The minimum atomic E-state index is 0.690. The van der Waals surface area contributed by atoms with E-state index in [-0.39, 0.29) is 0 Å². The van der Waals surface area contributed by atoms with E-state index >= 15 is 0 Å². The van der Waals surface area contributed by atoms with Gasteiger partial charge in [0.1, 0.15) is 0 Å². The molecule has 0 spiro atoms. The van der Waals surface area contributed by atoms with Crippen molar-refractivity contribution in [1.29, 1.82) is 0 Å². The molecule has 3 rings (SSSR count). The fourth-order valence-electron chi connectivity index (χ4n) is 3.09. The van der Waals surface area contributed by atoms with Gasteiger partial charge in [0.15, 0.2) is 0 Å². The van der Waals surface area contributed by atoms with Crippen molar-refractivity contribution in [3.05, 3.63) is 60.1 Å². The Balaban J connectivity index is 1.96. The summed E-state index contributed by atoms with van der Waals surface area (Å²) in [6.45, 7) is 1.07. The van der Waals surface area contributed by atoms with Crippen LogP contribution < -0.4 is 5.32 Å². The highest BCUT2D eigenvalue weighted by Crippen LogP contribution is 2.29. The molecule has 3 heteroatoms. The number of alkyl halides is 1. The second-order valence-electron chi connectivity index (χ2n) is 5.93. The Morgan fingerprint density at radius 3 is 2.70 bits per heavy atom. The largest absolute Gasteiger partial charge is 0.388 e. The standard InChI is InChI=1S/C20H23ClN2/c21-12-6-9-18(19-10-4-5-13-22-19)20-15-17(11-14-23-20)16-7-2-1-3-8-16/h1-3,7-8,11,14-15,22H,4-6,9-10,12-13H2. The van der Waals surface area contributed by atoms with E-state index in [2.05, 4.69) is 46.7 Å². The Hall–Kier alpha value is -1.80. The van der Waals surface area contributed by atoms with Crippen LogP contribution >= 0.6 is 11.6 Å². The fourth-order valence-corrected chi connectivity index (χ4v) is 3.23. The van der Waals surface area contributed by atoms with Crippen LogP contribution in [0.4, 0.5) is 0 Å². The third kappa shape index (κ3) is 4.14.